The van der Waals surface area contributed by atoms with E-state index in [4.69, 9.17) is 4.74 Å². The van der Waals surface area contributed by atoms with Crippen LogP contribution in [0.5, 0.6) is 5.75 Å². The summed E-state index contributed by atoms with van der Waals surface area (Å²) in [6.07, 6.45) is 9.01. The Morgan fingerprint density at radius 1 is 1.00 bits per heavy atom. The number of fused-ring (bicyclic) bond motifs is 5. The normalized spacial score (nSPS) is 13.9. The molecule has 4 aromatic rings. The van der Waals surface area contributed by atoms with Crippen LogP contribution < -0.4 is 10.1 Å². The molecular formula is C24H21N5O2. The van der Waals surface area contributed by atoms with Gasteiger partial charge in [0.15, 0.2) is 5.82 Å². The Morgan fingerprint density at radius 2 is 1.97 bits per heavy atom. The molecule has 7 heteroatoms. The molecule has 0 radical (unpaired) electrons. The van der Waals surface area contributed by atoms with Crippen LogP contribution in [-0.2, 0) is 6.54 Å². The maximum atomic E-state index is 13.2. The number of carbonyl (C=O) groups is 1. The fourth-order valence-corrected chi connectivity index (χ4v) is 3.65. The van der Waals surface area contributed by atoms with Crippen LogP contribution in [0.1, 0.15) is 23.2 Å². The van der Waals surface area contributed by atoms with E-state index in [2.05, 4.69) is 24.8 Å². The zero-order valence-electron chi connectivity index (χ0n) is 16.9. The quantitative estimate of drug-likeness (QED) is 0.501. The number of aromatic nitrogens is 4. The Morgan fingerprint density at radius 3 is 2.87 bits per heavy atom. The van der Waals surface area contributed by atoms with Gasteiger partial charge in [-0.2, -0.15) is 0 Å². The number of carbonyl (C=O) groups excluding carboxylic acids is 1. The summed E-state index contributed by atoms with van der Waals surface area (Å²) in [7, 11) is 0. The summed E-state index contributed by atoms with van der Waals surface area (Å²) in [6.45, 7) is 1.35. The molecule has 31 heavy (non-hydrogen) atoms. The van der Waals surface area contributed by atoms with E-state index in [0.717, 1.165) is 42.0 Å². The highest BCUT2D eigenvalue weighted by atomic mass is 16.5. The number of hydrogen-bond acceptors (Lipinski definition) is 5. The molecule has 3 aromatic heterocycles. The maximum Gasteiger partial charge on any atom is 0.260 e. The Bertz CT molecular complexity index is 1220. The number of ether oxygens (including phenoxy) is 1. The lowest BCUT2D eigenvalue weighted by molar-refractivity contribution is 0.102. The molecule has 4 heterocycles. The molecule has 5 rings (SSSR count). The molecule has 1 N–H and O–H groups in total. The van der Waals surface area contributed by atoms with E-state index in [0.29, 0.717) is 23.7 Å². The zero-order chi connectivity index (χ0) is 21.0. The van der Waals surface area contributed by atoms with E-state index in [1.807, 2.05) is 48.7 Å². The molecule has 0 atom stereocenters. The van der Waals surface area contributed by atoms with Gasteiger partial charge in [-0.15, -0.1) is 0 Å². The van der Waals surface area contributed by atoms with Gasteiger partial charge in [0.1, 0.15) is 17.3 Å². The van der Waals surface area contributed by atoms with Crippen molar-refractivity contribution in [3.05, 3.63) is 78.9 Å². The third kappa shape index (κ3) is 4.02. The van der Waals surface area contributed by atoms with Crippen LogP contribution in [-0.4, -0.2) is 32.0 Å². The van der Waals surface area contributed by atoms with E-state index in [-0.39, 0.29) is 5.91 Å². The Balaban J connectivity index is 1.54. The van der Waals surface area contributed by atoms with Crippen molar-refractivity contribution in [2.45, 2.75) is 19.4 Å². The van der Waals surface area contributed by atoms with Gasteiger partial charge in [-0.3, -0.25) is 9.78 Å². The highest BCUT2D eigenvalue weighted by molar-refractivity contribution is 6.06. The number of nitrogens with zero attached hydrogens (tertiary/aromatic N) is 4. The first-order valence-electron chi connectivity index (χ1n) is 10.2. The molecule has 1 aliphatic heterocycles. The molecule has 0 fully saturated rings. The van der Waals surface area contributed by atoms with Crippen molar-refractivity contribution in [3.8, 4) is 28.4 Å². The first-order valence-corrected chi connectivity index (χ1v) is 10.2. The fourth-order valence-electron chi connectivity index (χ4n) is 3.65. The molecule has 0 aliphatic carbocycles. The van der Waals surface area contributed by atoms with Gasteiger partial charge in [-0.25, -0.2) is 9.97 Å². The van der Waals surface area contributed by atoms with Gasteiger partial charge < -0.3 is 14.6 Å². The van der Waals surface area contributed by atoms with Gasteiger partial charge in [-0.1, -0.05) is 18.2 Å². The van der Waals surface area contributed by atoms with Crippen molar-refractivity contribution >= 4 is 11.7 Å². The van der Waals surface area contributed by atoms with Crippen LogP contribution >= 0.6 is 0 Å². The van der Waals surface area contributed by atoms with Gasteiger partial charge in [0.25, 0.3) is 5.91 Å². The molecule has 0 saturated carbocycles. The summed E-state index contributed by atoms with van der Waals surface area (Å²) in [6, 6.07) is 15.0. The summed E-state index contributed by atoms with van der Waals surface area (Å²) >= 11 is 0. The highest BCUT2D eigenvalue weighted by Crippen LogP contribution is 2.28. The van der Waals surface area contributed by atoms with Crippen LogP contribution in [0, 0.1) is 0 Å². The van der Waals surface area contributed by atoms with Crippen molar-refractivity contribution < 1.29 is 9.53 Å². The predicted octanol–water partition coefficient (Wildman–Crippen LogP) is 4.43. The first kappa shape index (κ1) is 19.0. The molecule has 1 aliphatic rings. The SMILES string of the molecule is O=C1Nc2cccc(n2)-c2nccn2CCCCOc2ccc(-c3cccnc3)cc21. The molecular weight excluding hydrogens is 390 g/mol. The Hall–Kier alpha value is -4.00. The van der Waals surface area contributed by atoms with Gasteiger partial charge in [0.2, 0.25) is 0 Å². The minimum absolute atomic E-state index is 0.272. The van der Waals surface area contributed by atoms with Crippen LogP contribution in [0.15, 0.2) is 73.3 Å². The summed E-state index contributed by atoms with van der Waals surface area (Å²) < 4.78 is 8.07. The molecule has 0 unspecified atom stereocenters. The van der Waals surface area contributed by atoms with Crippen LogP contribution in [0.4, 0.5) is 5.82 Å². The maximum absolute atomic E-state index is 13.2. The predicted molar refractivity (Wildman–Crippen MR) is 118 cm³/mol. The second kappa shape index (κ2) is 8.39. The molecule has 7 nitrogen and oxygen atoms in total. The molecule has 154 valence electrons. The number of benzene rings is 1. The van der Waals surface area contributed by atoms with E-state index >= 15 is 0 Å². The third-order valence-electron chi connectivity index (χ3n) is 5.21. The van der Waals surface area contributed by atoms with Gasteiger partial charge >= 0.3 is 0 Å². The standard InChI is InChI=1S/C24H21N5O2/c30-24-19-15-17(18-5-4-10-25-16-18)8-9-21(19)31-14-2-1-12-29-13-11-26-23(29)20-6-3-7-22(27-20)28-24/h3-11,13,15-16H,1-2,12,14H2,(H,27,28,30). The summed E-state index contributed by atoms with van der Waals surface area (Å²) in [5.41, 5.74) is 3.02. The monoisotopic (exact) mass is 411 g/mol. The number of pyridine rings is 2. The summed E-state index contributed by atoms with van der Waals surface area (Å²) in [4.78, 5) is 26.4. The highest BCUT2D eigenvalue weighted by Gasteiger charge is 2.17. The van der Waals surface area contributed by atoms with Crippen molar-refractivity contribution in [1.82, 2.24) is 19.5 Å². The number of hydrogen-bond donors (Lipinski definition) is 1. The second-order valence-corrected chi connectivity index (χ2v) is 7.31. The molecule has 1 aromatic carbocycles. The average molecular weight is 411 g/mol. The number of amides is 1. The topological polar surface area (TPSA) is 81.9 Å². The van der Waals surface area contributed by atoms with Gasteiger partial charge in [0.05, 0.1) is 12.2 Å². The smallest absolute Gasteiger partial charge is 0.260 e. The van der Waals surface area contributed by atoms with Gasteiger partial charge in [-0.05, 0) is 48.7 Å². The van der Waals surface area contributed by atoms with E-state index in [1.54, 1.807) is 24.7 Å². The van der Waals surface area contributed by atoms with Crippen molar-refractivity contribution in [2.75, 3.05) is 11.9 Å². The molecule has 2 bridgehead atoms. The fraction of sp³-hybridized carbons (Fsp3) is 0.167. The Labute approximate surface area is 179 Å². The molecule has 0 spiro atoms. The van der Waals surface area contributed by atoms with Crippen molar-refractivity contribution in [1.29, 1.82) is 0 Å². The van der Waals surface area contributed by atoms with Crippen LogP contribution in [0.3, 0.4) is 0 Å². The van der Waals surface area contributed by atoms with E-state index < -0.39 is 0 Å². The minimum Gasteiger partial charge on any atom is -0.493 e. The zero-order valence-corrected chi connectivity index (χ0v) is 16.9. The lowest BCUT2D eigenvalue weighted by atomic mass is 10.0. The first-order chi connectivity index (χ1) is 15.3. The third-order valence-corrected chi connectivity index (χ3v) is 5.21. The van der Waals surface area contributed by atoms with E-state index in [9.17, 15) is 4.79 Å². The van der Waals surface area contributed by atoms with Crippen molar-refractivity contribution in [3.63, 3.8) is 0 Å². The number of rotatable bonds is 1. The lowest BCUT2D eigenvalue weighted by Gasteiger charge is -2.15. The number of anilines is 1. The Kier molecular flexibility index (Phi) is 5.14. The van der Waals surface area contributed by atoms with Crippen molar-refractivity contribution in [2.24, 2.45) is 0 Å². The number of imidazole rings is 1. The van der Waals surface area contributed by atoms with Crippen LogP contribution in [0.25, 0.3) is 22.6 Å². The number of nitrogens with one attached hydrogen (secondary N) is 1. The van der Waals surface area contributed by atoms with Crippen LogP contribution in [0.2, 0.25) is 0 Å². The largest absolute Gasteiger partial charge is 0.493 e. The number of aryl methyl sites for hydroxylation is 1. The van der Waals surface area contributed by atoms with Gasteiger partial charge in [0, 0.05) is 36.9 Å². The second-order valence-electron chi connectivity index (χ2n) is 7.31. The summed E-state index contributed by atoms with van der Waals surface area (Å²) in [5.74, 6) is 1.53. The van der Waals surface area contributed by atoms with E-state index in [1.165, 1.54) is 0 Å². The molecule has 1 amide bonds. The molecule has 0 saturated heterocycles. The lowest BCUT2D eigenvalue weighted by Crippen LogP contribution is -2.16. The minimum atomic E-state index is -0.272. The summed E-state index contributed by atoms with van der Waals surface area (Å²) in [5, 5.41) is 2.91. The average Bonchev–Trinajstić information content (AvgIpc) is 3.28.